The van der Waals surface area contributed by atoms with Gasteiger partial charge in [0.2, 0.25) is 0 Å². The second-order valence-electron chi connectivity index (χ2n) is 6.80. The zero-order valence-electron chi connectivity index (χ0n) is 17.4. The Morgan fingerprint density at radius 1 is 0.833 bits per heavy atom. The molecular formula is C24H27Cl2NO3. The minimum absolute atomic E-state index is 0. The molecule has 0 heterocycles. The van der Waals surface area contributed by atoms with Crippen LogP contribution < -0.4 is 19.5 Å². The Hall–Kier alpha value is -2.40. The van der Waals surface area contributed by atoms with E-state index in [1.54, 1.807) is 14.2 Å². The average molecular weight is 448 g/mol. The Morgan fingerprint density at radius 3 is 2.23 bits per heavy atom. The average Bonchev–Trinajstić information content (AvgIpc) is 2.74. The fraction of sp³-hybridized carbons (Fsp3) is 0.250. The van der Waals surface area contributed by atoms with E-state index in [-0.39, 0.29) is 12.4 Å². The van der Waals surface area contributed by atoms with Gasteiger partial charge < -0.3 is 19.5 Å². The number of aryl methyl sites for hydroxylation is 1. The number of hydrogen-bond donors (Lipinski definition) is 1. The van der Waals surface area contributed by atoms with Crippen LogP contribution in [0.15, 0.2) is 60.7 Å². The van der Waals surface area contributed by atoms with Gasteiger partial charge in [0.15, 0.2) is 11.5 Å². The maximum Gasteiger partial charge on any atom is 0.180 e. The summed E-state index contributed by atoms with van der Waals surface area (Å²) in [6, 6.07) is 20.0. The van der Waals surface area contributed by atoms with Gasteiger partial charge in [-0.25, -0.2) is 0 Å². The van der Waals surface area contributed by atoms with Gasteiger partial charge in [-0.1, -0.05) is 59.6 Å². The van der Waals surface area contributed by atoms with Crippen molar-refractivity contribution in [2.75, 3.05) is 14.2 Å². The Labute approximate surface area is 189 Å². The molecule has 0 unspecified atom stereocenters. The second kappa shape index (κ2) is 11.7. The fourth-order valence-corrected chi connectivity index (χ4v) is 3.33. The monoisotopic (exact) mass is 447 g/mol. The summed E-state index contributed by atoms with van der Waals surface area (Å²) in [5.41, 5.74) is 4.42. The first-order valence-electron chi connectivity index (χ1n) is 9.48. The van der Waals surface area contributed by atoms with Crippen LogP contribution in [-0.2, 0) is 19.7 Å². The summed E-state index contributed by atoms with van der Waals surface area (Å²) in [6.45, 7) is 3.83. The van der Waals surface area contributed by atoms with Crippen molar-refractivity contribution in [3.05, 3.63) is 87.9 Å². The maximum atomic E-state index is 6.50. The lowest BCUT2D eigenvalue weighted by Crippen LogP contribution is -2.13. The lowest BCUT2D eigenvalue weighted by atomic mass is 10.1. The van der Waals surface area contributed by atoms with Crippen LogP contribution in [0.3, 0.4) is 0 Å². The Balaban J connectivity index is 0.00000320. The molecule has 0 saturated carbocycles. The Morgan fingerprint density at radius 2 is 1.53 bits per heavy atom. The van der Waals surface area contributed by atoms with Crippen LogP contribution >= 0.6 is 24.0 Å². The van der Waals surface area contributed by atoms with Crippen LogP contribution in [0.25, 0.3) is 0 Å². The molecule has 0 amide bonds. The van der Waals surface area contributed by atoms with E-state index in [1.165, 1.54) is 5.56 Å². The summed E-state index contributed by atoms with van der Waals surface area (Å²) in [4.78, 5) is 0. The van der Waals surface area contributed by atoms with Crippen LogP contribution in [-0.4, -0.2) is 14.2 Å². The first-order chi connectivity index (χ1) is 14.1. The summed E-state index contributed by atoms with van der Waals surface area (Å²) in [6.07, 6.45) is 0. The van der Waals surface area contributed by atoms with E-state index in [2.05, 4.69) is 24.4 Å². The van der Waals surface area contributed by atoms with Crippen LogP contribution in [0, 0.1) is 6.92 Å². The summed E-state index contributed by atoms with van der Waals surface area (Å²) < 4.78 is 16.9. The van der Waals surface area contributed by atoms with Gasteiger partial charge in [0.05, 0.1) is 19.2 Å². The minimum Gasteiger partial charge on any atom is -0.496 e. The predicted molar refractivity (Wildman–Crippen MR) is 124 cm³/mol. The topological polar surface area (TPSA) is 39.7 Å². The molecule has 30 heavy (non-hydrogen) atoms. The first-order valence-corrected chi connectivity index (χ1v) is 9.86. The van der Waals surface area contributed by atoms with E-state index in [0.29, 0.717) is 36.2 Å². The van der Waals surface area contributed by atoms with Crippen LogP contribution in [0.2, 0.25) is 5.02 Å². The number of benzene rings is 3. The Bertz CT molecular complexity index is 946. The summed E-state index contributed by atoms with van der Waals surface area (Å²) in [5, 5.41) is 3.95. The van der Waals surface area contributed by atoms with E-state index < -0.39 is 0 Å². The highest BCUT2D eigenvalue weighted by molar-refractivity contribution is 6.32. The van der Waals surface area contributed by atoms with Crippen molar-refractivity contribution in [3.8, 4) is 17.2 Å². The minimum atomic E-state index is 0. The number of ether oxygens (including phenoxy) is 3. The van der Waals surface area contributed by atoms with Gasteiger partial charge in [-0.05, 0) is 36.2 Å². The SMILES string of the molecule is COc1ccccc1CNCc1cc(Cl)c(OCc2ccc(C)cc2)c(OC)c1.Cl. The maximum absolute atomic E-state index is 6.50. The van der Waals surface area contributed by atoms with Gasteiger partial charge in [0.25, 0.3) is 0 Å². The molecule has 1 N–H and O–H groups in total. The van der Waals surface area contributed by atoms with Gasteiger partial charge in [-0.2, -0.15) is 0 Å². The number of para-hydroxylation sites is 1. The molecule has 160 valence electrons. The van der Waals surface area contributed by atoms with Crippen molar-refractivity contribution in [1.82, 2.24) is 5.32 Å². The summed E-state index contributed by atoms with van der Waals surface area (Å²) in [7, 11) is 3.30. The molecule has 0 radical (unpaired) electrons. The third-order valence-electron chi connectivity index (χ3n) is 4.63. The standard InChI is InChI=1S/C24H26ClNO3.ClH/c1-17-8-10-18(11-9-17)16-29-24-21(25)12-19(13-23(24)28-3)14-26-15-20-6-4-5-7-22(20)27-2;/h4-13,26H,14-16H2,1-3H3;1H. The quantitative estimate of drug-likeness (QED) is 0.439. The zero-order valence-corrected chi connectivity index (χ0v) is 19.0. The highest BCUT2D eigenvalue weighted by Gasteiger charge is 2.13. The smallest absolute Gasteiger partial charge is 0.180 e. The molecule has 0 aliphatic heterocycles. The zero-order chi connectivity index (χ0) is 20.6. The molecule has 6 heteroatoms. The number of halogens is 2. The lowest BCUT2D eigenvalue weighted by Gasteiger charge is -2.15. The van der Waals surface area contributed by atoms with Crippen molar-refractivity contribution in [1.29, 1.82) is 0 Å². The molecule has 0 aromatic heterocycles. The third-order valence-corrected chi connectivity index (χ3v) is 4.91. The van der Waals surface area contributed by atoms with Gasteiger partial charge >= 0.3 is 0 Å². The molecule has 4 nitrogen and oxygen atoms in total. The molecule has 3 rings (SSSR count). The Kier molecular flexibility index (Phi) is 9.31. The van der Waals surface area contributed by atoms with E-state index in [9.17, 15) is 0 Å². The highest BCUT2D eigenvalue weighted by atomic mass is 35.5. The molecule has 0 saturated heterocycles. The van der Waals surface area contributed by atoms with E-state index in [0.717, 1.165) is 22.4 Å². The van der Waals surface area contributed by atoms with E-state index >= 15 is 0 Å². The van der Waals surface area contributed by atoms with Crippen molar-refractivity contribution in [2.24, 2.45) is 0 Å². The number of rotatable bonds is 9. The fourth-order valence-electron chi connectivity index (χ4n) is 3.05. The molecule has 0 atom stereocenters. The molecular weight excluding hydrogens is 421 g/mol. The second-order valence-corrected chi connectivity index (χ2v) is 7.21. The summed E-state index contributed by atoms with van der Waals surface area (Å²) >= 11 is 6.50. The molecule has 3 aromatic carbocycles. The van der Waals surface area contributed by atoms with E-state index in [1.807, 2.05) is 48.5 Å². The van der Waals surface area contributed by atoms with Crippen molar-refractivity contribution in [3.63, 3.8) is 0 Å². The molecule has 0 spiro atoms. The summed E-state index contributed by atoms with van der Waals surface area (Å²) in [5.74, 6) is 2.05. The van der Waals surface area contributed by atoms with Crippen molar-refractivity contribution >= 4 is 24.0 Å². The van der Waals surface area contributed by atoms with Crippen LogP contribution in [0.5, 0.6) is 17.2 Å². The van der Waals surface area contributed by atoms with Gasteiger partial charge in [-0.3, -0.25) is 0 Å². The molecule has 0 fully saturated rings. The number of methoxy groups -OCH3 is 2. The largest absolute Gasteiger partial charge is 0.496 e. The molecule has 0 bridgehead atoms. The number of nitrogens with one attached hydrogen (secondary N) is 1. The first kappa shape index (κ1) is 23.9. The number of hydrogen-bond acceptors (Lipinski definition) is 4. The van der Waals surface area contributed by atoms with Crippen molar-refractivity contribution in [2.45, 2.75) is 26.6 Å². The highest BCUT2D eigenvalue weighted by Crippen LogP contribution is 2.37. The molecule has 0 aliphatic carbocycles. The van der Waals surface area contributed by atoms with Crippen molar-refractivity contribution < 1.29 is 14.2 Å². The normalized spacial score (nSPS) is 10.3. The van der Waals surface area contributed by atoms with Gasteiger partial charge in [0.1, 0.15) is 12.4 Å². The van der Waals surface area contributed by atoms with Gasteiger partial charge in [0, 0.05) is 18.7 Å². The molecule has 3 aromatic rings. The van der Waals surface area contributed by atoms with Crippen LogP contribution in [0.1, 0.15) is 22.3 Å². The van der Waals surface area contributed by atoms with E-state index in [4.69, 9.17) is 25.8 Å². The van der Waals surface area contributed by atoms with Crippen LogP contribution in [0.4, 0.5) is 0 Å². The third kappa shape index (κ3) is 6.30. The van der Waals surface area contributed by atoms with Gasteiger partial charge in [-0.15, -0.1) is 12.4 Å². The predicted octanol–water partition coefficient (Wildman–Crippen LogP) is 5.96. The molecule has 0 aliphatic rings. The lowest BCUT2D eigenvalue weighted by molar-refractivity contribution is 0.284.